The molecule has 0 aliphatic heterocycles. The minimum atomic E-state index is -0.358. The first-order valence-electron chi connectivity index (χ1n) is 6.85. The van der Waals surface area contributed by atoms with Gasteiger partial charge in [-0.2, -0.15) is 0 Å². The predicted molar refractivity (Wildman–Crippen MR) is 78.5 cm³/mol. The van der Waals surface area contributed by atoms with E-state index in [0.29, 0.717) is 18.5 Å². The molecule has 0 heterocycles. The summed E-state index contributed by atoms with van der Waals surface area (Å²) in [4.78, 5) is 11.6. The van der Waals surface area contributed by atoms with Crippen LogP contribution in [0.1, 0.15) is 32.3 Å². The first-order valence-corrected chi connectivity index (χ1v) is 6.85. The average molecular weight is 279 g/mol. The van der Waals surface area contributed by atoms with Gasteiger partial charge in [0.25, 0.3) is 0 Å². The fourth-order valence-electron chi connectivity index (χ4n) is 1.93. The van der Waals surface area contributed by atoms with Crippen molar-refractivity contribution in [3.8, 4) is 0 Å². The zero-order chi connectivity index (χ0) is 15.0. The second-order valence-electron chi connectivity index (χ2n) is 5.12. The first-order chi connectivity index (χ1) is 9.49. The van der Waals surface area contributed by atoms with Crippen molar-refractivity contribution in [2.75, 3.05) is 6.54 Å². The van der Waals surface area contributed by atoms with Crippen molar-refractivity contribution in [1.29, 1.82) is 0 Å². The molecule has 0 aliphatic rings. The van der Waals surface area contributed by atoms with E-state index in [4.69, 9.17) is 0 Å². The maximum absolute atomic E-state index is 13.3. The van der Waals surface area contributed by atoms with Crippen molar-refractivity contribution < 1.29 is 14.3 Å². The fraction of sp³-hybridized carbons (Fsp3) is 0.438. The van der Waals surface area contributed by atoms with Crippen LogP contribution in [0.15, 0.2) is 30.3 Å². The number of amides is 1. The normalized spacial score (nSPS) is 14.2. The Bertz CT molecular complexity index is 458. The summed E-state index contributed by atoms with van der Waals surface area (Å²) in [6, 6.07) is 6.43. The maximum atomic E-state index is 13.3. The smallest absolute Gasteiger partial charge is 0.223 e. The van der Waals surface area contributed by atoms with E-state index in [1.54, 1.807) is 37.3 Å². The monoisotopic (exact) mass is 279 g/mol. The molecular weight excluding hydrogens is 257 g/mol. The van der Waals surface area contributed by atoms with E-state index < -0.39 is 0 Å². The van der Waals surface area contributed by atoms with Gasteiger partial charge in [-0.1, -0.05) is 37.3 Å². The lowest BCUT2D eigenvalue weighted by atomic mass is 10.0. The Morgan fingerprint density at radius 1 is 1.40 bits per heavy atom. The van der Waals surface area contributed by atoms with Crippen LogP contribution in [0.3, 0.4) is 0 Å². The van der Waals surface area contributed by atoms with Crippen LogP contribution in [0.4, 0.5) is 4.39 Å². The van der Waals surface area contributed by atoms with Gasteiger partial charge in [0.1, 0.15) is 5.82 Å². The zero-order valence-corrected chi connectivity index (χ0v) is 12.0. The van der Waals surface area contributed by atoms with Crippen molar-refractivity contribution in [2.24, 2.45) is 5.92 Å². The van der Waals surface area contributed by atoms with Gasteiger partial charge in [0.2, 0.25) is 5.91 Å². The lowest BCUT2D eigenvalue weighted by Crippen LogP contribution is -2.28. The van der Waals surface area contributed by atoms with Crippen LogP contribution in [0.2, 0.25) is 0 Å². The van der Waals surface area contributed by atoms with Crippen molar-refractivity contribution >= 4 is 12.0 Å². The number of hydrogen-bond acceptors (Lipinski definition) is 2. The molecule has 4 heteroatoms. The van der Waals surface area contributed by atoms with Crippen LogP contribution < -0.4 is 5.32 Å². The molecule has 20 heavy (non-hydrogen) atoms. The molecule has 110 valence electrons. The van der Waals surface area contributed by atoms with Gasteiger partial charge >= 0.3 is 0 Å². The molecule has 1 aromatic carbocycles. The molecule has 0 aromatic heterocycles. The largest absolute Gasteiger partial charge is 0.393 e. The third kappa shape index (κ3) is 6.48. The summed E-state index contributed by atoms with van der Waals surface area (Å²) in [6.45, 7) is 4.24. The number of carbonyl (C=O) groups is 1. The topological polar surface area (TPSA) is 49.3 Å². The Morgan fingerprint density at radius 3 is 2.75 bits per heavy atom. The number of hydrogen-bond donors (Lipinski definition) is 2. The van der Waals surface area contributed by atoms with Crippen molar-refractivity contribution in [1.82, 2.24) is 5.32 Å². The molecule has 0 saturated heterocycles. The first kappa shape index (κ1) is 16.4. The molecule has 2 N–H and O–H groups in total. The summed E-state index contributed by atoms with van der Waals surface area (Å²) < 4.78 is 13.3. The number of aliphatic hydroxyl groups excluding tert-OH is 1. The van der Waals surface area contributed by atoms with E-state index in [1.165, 1.54) is 6.07 Å². The van der Waals surface area contributed by atoms with Crippen LogP contribution in [-0.4, -0.2) is 23.7 Å². The summed E-state index contributed by atoms with van der Waals surface area (Å²) in [5, 5.41) is 12.0. The molecule has 2 atom stereocenters. The van der Waals surface area contributed by atoms with Gasteiger partial charge in [-0.05, 0) is 25.3 Å². The maximum Gasteiger partial charge on any atom is 0.223 e. The van der Waals surface area contributed by atoms with Gasteiger partial charge in [-0.15, -0.1) is 0 Å². The van der Waals surface area contributed by atoms with Crippen LogP contribution in [0.5, 0.6) is 0 Å². The summed E-state index contributed by atoms with van der Waals surface area (Å²) in [6.07, 6.45) is 3.77. The Kier molecular flexibility index (Phi) is 6.94. The number of rotatable bonds is 7. The fourth-order valence-corrected chi connectivity index (χ4v) is 1.93. The average Bonchev–Trinajstić information content (AvgIpc) is 2.38. The van der Waals surface area contributed by atoms with E-state index in [-0.39, 0.29) is 30.2 Å². The molecule has 0 saturated carbocycles. The second-order valence-corrected chi connectivity index (χ2v) is 5.12. The SMILES string of the molecule is CC(O)CC(C)CNC(=O)CC=Cc1ccccc1F. The minimum Gasteiger partial charge on any atom is -0.393 e. The summed E-state index contributed by atoms with van der Waals surface area (Å²) in [5.41, 5.74) is 0.475. The van der Waals surface area contributed by atoms with E-state index in [0.717, 1.165) is 0 Å². The molecule has 1 rings (SSSR count). The van der Waals surface area contributed by atoms with E-state index in [2.05, 4.69) is 5.32 Å². The number of carbonyl (C=O) groups excluding carboxylic acids is 1. The zero-order valence-electron chi connectivity index (χ0n) is 12.0. The lowest BCUT2D eigenvalue weighted by Gasteiger charge is -2.13. The molecule has 2 unspecified atom stereocenters. The Labute approximate surface area is 119 Å². The number of benzene rings is 1. The minimum absolute atomic E-state index is 0.102. The van der Waals surface area contributed by atoms with Gasteiger partial charge in [-0.25, -0.2) is 4.39 Å². The molecule has 1 aromatic rings. The number of halogens is 1. The number of nitrogens with one attached hydrogen (secondary N) is 1. The van der Waals surface area contributed by atoms with Crippen LogP contribution in [0.25, 0.3) is 6.08 Å². The van der Waals surface area contributed by atoms with Crippen molar-refractivity contribution in [3.63, 3.8) is 0 Å². The van der Waals surface area contributed by atoms with Crippen molar-refractivity contribution in [3.05, 3.63) is 41.7 Å². The molecule has 1 amide bonds. The second kappa shape index (κ2) is 8.48. The van der Waals surface area contributed by atoms with Crippen LogP contribution >= 0.6 is 0 Å². The third-order valence-electron chi connectivity index (χ3n) is 2.90. The standard InChI is InChI=1S/C16H22FNO2/c1-12(10-13(2)19)11-18-16(20)9-5-7-14-6-3-4-8-15(14)17/h3-8,12-13,19H,9-11H2,1-2H3,(H,18,20). The third-order valence-corrected chi connectivity index (χ3v) is 2.90. The molecule has 3 nitrogen and oxygen atoms in total. The summed E-state index contributed by atoms with van der Waals surface area (Å²) >= 11 is 0. The Balaban J connectivity index is 2.31. The van der Waals surface area contributed by atoms with Crippen molar-refractivity contribution in [2.45, 2.75) is 32.8 Å². The highest BCUT2D eigenvalue weighted by Gasteiger charge is 2.07. The van der Waals surface area contributed by atoms with Gasteiger partial charge in [0.05, 0.1) is 6.10 Å². The molecule has 0 bridgehead atoms. The molecule has 0 aliphatic carbocycles. The van der Waals surface area contributed by atoms with E-state index in [1.807, 2.05) is 6.92 Å². The molecular formula is C16H22FNO2. The lowest BCUT2D eigenvalue weighted by molar-refractivity contribution is -0.120. The Hall–Kier alpha value is -1.68. The summed E-state index contributed by atoms with van der Waals surface area (Å²) in [7, 11) is 0. The quantitative estimate of drug-likeness (QED) is 0.806. The molecule has 0 fully saturated rings. The molecule has 0 spiro atoms. The van der Waals surface area contributed by atoms with E-state index >= 15 is 0 Å². The van der Waals surface area contributed by atoms with Crippen LogP contribution in [-0.2, 0) is 4.79 Å². The summed E-state index contributed by atoms with van der Waals surface area (Å²) in [5.74, 6) is -0.167. The van der Waals surface area contributed by atoms with Gasteiger partial charge < -0.3 is 10.4 Å². The highest BCUT2D eigenvalue weighted by atomic mass is 19.1. The van der Waals surface area contributed by atoms with Gasteiger partial charge in [0.15, 0.2) is 0 Å². The highest BCUT2D eigenvalue weighted by molar-refractivity contribution is 5.78. The highest BCUT2D eigenvalue weighted by Crippen LogP contribution is 2.08. The Morgan fingerprint density at radius 2 is 2.10 bits per heavy atom. The van der Waals surface area contributed by atoms with Crippen LogP contribution in [0, 0.1) is 11.7 Å². The molecule has 0 radical (unpaired) electrons. The van der Waals surface area contributed by atoms with Gasteiger partial charge in [0, 0.05) is 18.5 Å². The predicted octanol–water partition coefficient (Wildman–Crippen LogP) is 2.75. The van der Waals surface area contributed by atoms with E-state index in [9.17, 15) is 14.3 Å². The van der Waals surface area contributed by atoms with Gasteiger partial charge in [-0.3, -0.25) is 4.79 Å². The number of aliphatic hydroxyl groups is 1.